The second kappa shape index (κ2) is 6.39. The molecule has 0 radical (unpaired) electrons. The van der Waals surface area contributed by atoms with E-state index < -0.39 is 6.04 Å². The highest BCUT2D eigenvalue weighted by molar-refractivity contribution is 9.10. The second-order valence-electron chi connectivity index (χ2n) is 5.19. The summed E-state index contributed by atoms with van der Waals surface area (Å²) >= 11 is 3.41. The summed E-state index contributed by atoms with van der Waals surface area (Å²) in [6.07, 6.45) is 2.11. The molecule has 2 amide bonds. The quantitative estimate of drug-likeness (QED) is 0.920. The van der Waals surface area contributed by atoms with Crippen LogP contribution in [-0.2, 0) is 4.79 Å². The maximum absolute atomic E-state index is 12.1. The number of hydrogen-bond acceptors (Lipinski definition) is 2. The van der Waals surface area contributed by atoms with Gasteiger partial charge in [0.2, 0.25) is 5.91 Å². The summed E-state index contributed by atoms with van der Waals surface area (Å²) in [7, 11) is 0. The lowest BCUT2D eigenvalue weighted by molar-refractivity contribution is -0.131. The van der Waals surface area contributed by atoms with Gasteiger partial charge in [-0.2, -0.15) is 0 Å². The van der Waals surface area contributed by atoms with E-state index in [1.165, 1.54) is 0 Å². The number of likely N-dealkylation sites (tertiary alicyclic amines) is 1. The number of rotatable bonds is 3. The van der Waals surface area contributed by atoms with E-state index in [2.05, 4.69) is 21.2 Å². The maximum Gasteiger partial charge on any atom is 0.251 e. The molecule has 1 aromatic carbocycles. The number of aryl methyl sites for hydroxylation is 1. The summed E-state index contributed by atoms with van der Waals surface area (Å²) < 4.78 is 0.892. The molecule has 20 heavy (non-hydrogen) atoms. The van der Waals surface area contributed by atoms with Crippen LogP contribution in [0.4, 0.5) is 0 Å². The third-order valence-electron chi connectivity index (χ3n) is 3.57. The predicted molar refractivity (Wildman–Crippen MR) is 81.6 cm³/mol. The molecule has 0 spiro atoms. The molecule has 1 N–H and O–H groups in total. The molecule has 0 aliphatic carbocycles. The summed E-state index contributed by atoms with van der Waals surface area (Å²) in [5, 5.41) is 2.77. The van der Waals surface area contributed by atoms with Crippen molar-refractivity contribution in [1.29, 1.82) is 0 Å². The highest BCUT2D eigenvalue weighted by Gasteiger charge is 2.24. The fraction of sp³-hybridized carbons (Fsp3) is 0.467. The van der Waals surface area contributed by atoms with E-state index in [0.29, 0.717) is 5.56 Å². The van der Waals surface area contributed by atoms with Gasteiger partial charge in [0.05, 0.1) is 0 Å². The van der Waals surface area contributed by atoms with E-state index in [9.17, 15) is 9.59 Å². The van der Waals surface area contributed by atoms with Crippen LogP contribution >= 0.6 is 15.9 Å². The fourth-order valence-electron chi connectivity index (χ4n) is 2.29. The van der Waals surface area contributed by atoms with Crippen molar-refractivity contribution in [3.63, 3.8) is 0 Å². The molecule has 2 rings (SSSR count). The van der Waals surface area contributed by atoms with Crippen LogP contribution in [0.25, 0.3) is 0 Å². The largest absolute Gasteiger partial charge is 0.341 e. The lowest BCUT2D eigenvalue weighted by atomic mass is 10.1. The van der Waals surface area contributed by atoms with Crippen LogP contribution in [0.5, 0.6) is 0 Å². The van der Waals surface area contributed by atoms with Gasteiger partial charge in [-0.25, -0.2) is 0 Å². The van der Waals surface area contributed by atoms with Crippen molar-refractivity contribution in [2.75, 3.05) is 13.1 Å². The van der Waals surface area contributed by atoms with Crippen LogP contribution < -0.4 is 5.32 Å². The third-order valence-corrected chi connectivity index (χ3v) is 4.42. The molecule has 108 valence electrons. The van der Waals surface area contributed by atoms with Crippen LogP contribution in [0, 0.1) is 6.92 Å². The Morgan fingerprint density at radius 2 is 1.95 bits per heavy atom. The van der Waals surface area contributed by atoms with Gasteiger partial charge in [0.15, 0.2) is 0 Å². The van der Waals surface area contributed by atoms with Crippen LogP contribution in [0.2, 0.25) is 0 Å². The normalized spacial score (nSPS) is 16.1. The number of nitrogens with zero attached hydrogens (tertiary/aromatic N) is 1. The molecule has 1 heterocycles. The zero-order valence-electron chi connectivity index (χ0n) is 11.8. The van der Waals surface area contributed by atoms with Crippen molar-refractivity contribution >= 4 is 27.7 Å². The molecular weight excluding hydrogens is 320 g/mol. The minimum absolute atomic E-state index is 0.00188. The Morgan fingerprint density at radius 3 is 2.55 bits per heavy atom. The highest BCUT2D eigenvalue weighted by Crippen LogP contribution is 2.17. The molecule has 1 saturated heterocycles. The molecular formula is C15H19BrN2O2. The van der Waals surface area contributed by atoms with Gasteiger partial charge in [-0.1, -0.05) is 22.0 Å². The minimum Gasteiger partial charge on any atom is -0.341 e. The Labute approximate surface area is 127 Å². The first-order valence-electron chi connectivity index (χ1n) is 6.85. The molecule has 1 aliphatic heterocycles. The monoisotopic (exact) mass is 338 g/mol. The average molecular weight is 339 g/mol. The maximum atomic E-state index is 12.1. The lowest BCUT2D eigenvalue weighted by Crippen LogP contribution is -2.45. The minimum atomic E-state index is -0.485. The van der Waals surface area contributed by atoms with Crippen LogP contribution in [0.15, 0.2) is 22.7 Å². The van der Waals surface area contributed by atoms with Gasteiger partial charge in [0.25, 0.3) is 5.91 Å². The Bertz CT molecular complexity index is 525. The molecule has 1 aromatic rings. The van der Waals surface area contributed by atoms with E-state index in [0.717, 1.165) is 36.0 Å². The molecule has 0 saturated carbocycles. The van der Waals surface area contributed by atoms with Gasteiger partial charge in [-0.15, -0.1) is 0 Å². The number of amides is 2. The number of hydrogen-bond donors (Lipinski definition) is 1. The van der Waals surface area contributed by atoms with Gasteiger partial charge >= 0.3 is 0 Å². The fourth-order valence-corrected chi connectivity index (χ4v) is 2.67. The van der Waals surface area contributed by atoms with E-state index in [4.69, 9.17) is 0 Å². The summed E-state index contributed by atoms with van der Waals surface area (Å²) in [5.41, 5.74) is 1.63. The van der Waals surface area contributed by atoms with Crippen LogP contribution in [-0.4, -0.2) is 35.8 Å². The van der Waals surface area contributed by atoms with Crippen molar-refractivity contribution < 1.29 is 9.59 Å². The summed E-state index contributed by atoms with van der Waals surface area (Å²) in [4.78, 5) is 26.1. The van der Waals surface area contributed by atoms with Gasteiger partial charge < -0.3 is 10.2 Å². The zero-order chi connectivity index (χ0) is 14.7. The smallest absolute Gasteiger partial charge is 0.251 e. The highest BCUT2D eigenvalue weighted by atomic mass is 79.9. The predicted octanol–water partition coefficient (Wildman–Crippen LogP) is 2.50. The summed E-state index contributed by atoms with van der Waals surface area (Å²) in [6.45, 7) is 5.30. The van der Waals surface area contributed by atoms with E-state index in [1.54, 1.807) is 19.1 Å². The Morgan fingerprint density at radius 1 is 1.30 bits per heavy atom. The number of benzene rings is 1. The Hall–Kier alpha value is -1.36. The Balaban J connectivity index is 1.99. The Kier molecular flexibility index (Phi) is 4.81. The number of nitrogens with one attached hydrogen (secondary N) is 1. The molecule has 4 nitrogen and oxygen atoms in total. The molecule has 5 heteroatoms. The first kappa shape index (κ1) is 15.0. The average Bonchev–Trinajstić information content (AvgIpc) is 2.94. The van der Waals surface area contributed by atoms with E-state index >= 15 is 0 Å². The zero-order valence-corrected chi connectivity index (χ0v) is 13.4. The topological polar surface area (TPSA) is 49.4 Å². The molecule has 1 aliphatic rings. The third kappa shape index (κ3) is 3.39. The summed E-state index contributed by atoms with van der Waals surface area (Å²) in [6, 6.07) is 4.94. The molecule has 0 aromatic heterocycles. The van der Waals surface area contributed by atoms with Gasteiger partial charge in [-0.3, -0.25) is 9.59 Å². The van der Waals surface area contributed by atoms with Crippen LogP contribution in [0.1, 0.15) is 35.7 Å². The standard InChI is InChI=1S/C15H19BrN2O2/c1-10-5-6-12(9-13(10)16)14(19)17-11(2)15(20)18-7-3-4-8-18/h5-6,9,11H,3-4,7-8H2,1-2H3,(H,17,19). The van der Waals surface area contributed by atoms with Crippen LogP contribution in [0.3, 0.4) is 0 Å². The van der Waals surface area contributed by atoms with Gasteiger partial charge in [0, 0.05) is 23.1 Å². The lowest BCUT2D eigenvalue weighted by Gasteiger charge is -2.21. The van der Waals surface area contributed by atoms with Gasteiger partial charge in [-0.05, 0) is 44.4 Å². The molecule has 0 bridgehead atoms. The molecule has 1 fully saturated rings. The van der Waals surface area contributed by atoms with Crippen molar-refractivity contribution in [2.45, 2.75) is 32.7 Å². The molecule has 1 atom stereocenters. The second-order valence-corrected chi connectivity index (χ2v) is 6.05. The first-order chi connectivity index (χ1) is 9.49. The SMILES string of the molecule is Cc1ccc(C(=O)NC(C)C(=O)N2CCCC2)cc1Br. The number of halogens is 1. The van der Waals surface area contributed by atoms with Crippen molar-refractivity contribution in [2.24, 2.45) is 0 Å². The number of carbonyl (C=O) groups is 2. The van der Waals surface area contributed by atoms with E-state index in [1.807, 2.05) is 17.9 Å². The van der Waals surface area contributed by atoms with Crippen molar-refractivity contribution in [3.05, 3.63) is 33.8 Å². The van der Waals surface area contributed by atoms with E-state index in [-0.39, 0.29) is 11.8 Å². The molecule has 1 unspecified atom stereocenters. The van der Waals surface area contributed by atoms with Gasteiger partial charge in [0.1, 0.15) is 6.04 Å². The van der Waals surface area contributed by atoms with Crippen molar-refractivity contribution in [1.82, 2.24) is 10.2 Å². The summed E-state index contributed by atoms with van der Waals surface area (Å²) in [5.74, 6) is -0.215. The van der Waals surface area contributed by atoms with Crippen molar-refractivity contribution in [3.8, 4) is 0 Å². The first-order valence-corrected chi connectivity index (χ1v) is 7.64. The number of carbonyl (C=O) groups excluding carboxylic acids is 2.